The zero-order chi connectivity index (χ0) is 21.8. The molecule has 1 N–H and O–H groups in total. The number of esters is 1. The molecule has 0 radical (unpaired) electrons. The van der Waals surface area contributed by atoms with Crippen molar-refractivity contribution < 1.29 is 17.9 Å². The molecular formula is C22H30N3O4S+. The molecule has 0 unspecified atom stereocenters. The maximum Gasteiger partial charge on any atom is 0.375 e. The lowest BCUT2D eigenvalue weighted by Gasteiger charge is -2.43. The fraction of sp³-hybridized carbons (Fsp3) is 0.409. The van der Waals surface area contributed by atoms with Crippen molar-refractivity contribution in [1.29, 1.82) is 0 Å². The normalized spacial score (nSPS) is 17.1. The zero-order valence-electron chi connectivity index (χ0n) is 17.7. The van der Waals surface area contributed by atoms with Crippen molar-refractivity contribution in [1.82, 2.24) is 13.5 Å². The van der Waals surface area contributed by atoms with Crippen LogP contribution in [0.2, 0.25) is 0 Å². The van der Waals surface area contributed by atoms with Crippen molar-refractivity contribution in [3.8, 4) is 0 Å². The van der Waals surface area contributed by atoms with Gasteiger partial charge in [0, 0.05) is 37.8 Å². The van der Waals surface area contributed by atoms with Crippen LogP contribution in [0.4, 0.5) is 5.69 Å². The molecule has 1 saturated heterocycles. The van der Waals surface area contributed by atoms with Gasteiger partial charge in [0.15, 0.2) is 0 Å². The summed E-state index contributed by atoms with van der Waals surface area (Å²) >= 11 is 0. The average Bonchev–Trinajstić information content (AvgIpc) is 2.78. The minimum Gasteiger partial charge on any atom is -0.465 e. The van der Waals surface area contributed by atoms with Crippen molar-refractivity contribution in [2.75, 3.05) is 33.3 Å². The highest BCUT2D eigenvalue weighted by Gasteiger charge is 2.46. The number of nitrogens with one attached hydrogen (secondary N) is 1. The van der Waals surface area contributed by atoms with Gasteiger partial charge in [-0.25, -0.2) is 4.79 Å². The number of para-hydroxylation sites is 1. The number of methoxy groups -OCH3 is 1. The van der Waals surface area contributed by atoms with Crippen LogP contribution in [0.25, 0.3) is 0 Å². The number of carbonyl (C=O) groups excluding carboxylic acids is 1. The summed E-state index contributed by atoms with van der Waals surface area (Å²) in [5, 5.41) is 0. The summed E-state index contributed by atoms with van der Waals surface area (Å²) < 4.78 is 34.5. The van der Waals surface area contributed by atoms with Gasteiger partial charge in [-0.15, -0.1) is 0 Å². The van der Waals surface area contributed by atoms with E-state index < -0.39 is 16.2 Å². The smallest absolute Gasteiger partial charge is 0.375 e. The number of hydrogen-bond donors (Lipinski definition) is 1. The summed E-state index contributed by atoms with van der Waals surface area (Å²) in [6, 6.07) is 16.6. The molecule has 8 heteroatoms. The molecular weight excluding hydrogens is 402 g/mol. The van der Waals surface area contributed by atoms with E-state index in [9.17, 15) is 13.2 Å². The van der Waals surface area contributed by atoms with E-state index in [2.05, 4.69) is 23.5 Å². The Labute approximate surface area is 179 Å². The van der Waals surface area contributed by atoms with E-state index in [0.717, 1.165) is 11.3 Å². The number of ether oxygens (including phenoxy) is 1. The zero-order valence-corrected chi connectivity index (χ0v) is 18.6. The number of quaternary nitrogens is 1. The fourth-order valence-corrected chi connectivity index (χ4v) is 5.47. The molecule has 0 spiro atoms. The molecule has 7 nitrogen and oxygen atoms in total. The van der Waals surface area contributed by atoms with E-state index in [1.807, 2.05) is 30.3 Å². The predicted octanol–water partition coefficient (Wildman–Crippen LogP) is 2.54. The standard InChI is InChI=1S/C22H30N3O4S/c1-18(2)24-13-15-25(16-14-24,21-7-5-4-6-8-21)30(27,28)23-17-19-9-11-20(12-10-19)22(26)29-3/h4-12,18,23H,13-17H2,1-3H3/q+1. The molecule has 30 heavy (non-hydrogen) atoms. The van der Waals surface area contributed by atoms with Gasteiger partial charge in [0.1, 0.15) is 18.8 Å². The lowest BCUT2D eigenvalue weighted by molar-refractivity contribution is 0.0600. The van der Waals surface area contributed by atoms with Gasteiger partial charge < -0.3 is 4.74 Å². The fourth-order valence-electron chi connectivity index (χ4n) is 3.83. The first kappa shape index (κ1) is 22.4. The van der Waals surface area contributed by atoms with E-state index in [0.29, 0.717) is 37.8 Å². The third-order valence-corrected chi connectivity index (χ3v) is 7.75. The van der Waals surface area contributed by atoms with Crippen LogP contribution in [0.15, 0.2) is 54.6 Å². The van der Waals surface area contributed by atoms with Crippen LogP contribution in [0.3, 0.4) is 0 Å². The minimum absolute atomic E-state index is 0.114. The van der Waals surface area contributed by atoms with E-state index >= 15 is 0 Å². The summed E-state index contributed by atoms with van der Waals surface area (Å²) in [6.45, 7) is 6.81. The Hall–Kier alpha value is -2.26. The number of benzene rings is 2. The van der Waals surface area contributed by atoms with Gasteiger partial charge in [0.2, 0.25) is 0 Å². The summed E-state index contributed by atoms with van der Waals surface area (Å²) in [6.07, 6.45) is 0. The summed E-state index contributed by atoms with van der Waals surface area (Å²) in [5.74, 6) is -0.418. The Morgan fingerprint density at radius 2 is 1.67 bits per heavy atom. The minimum atomic E-state index is -3.71. The average molecular weight is 433 g/mol. The molecule has 1 heterocycles. The molecule has 0 saturated carbocycles. The summed E-state index contributed by atoms with van der Waals surface area (Å²) in [5.41, 5.74) is 1.98. The van der Waals surface area contributed by atoms with Gasteiger partial charge in [0.05, 0.1) is 12.7 Å². The van der Waals surface area contributed by atoms with Gasteiger partial charge in [0.25, 0.3) is 0 Å². The van der Waals surface area contributed by atoms with Gasteiger partial charge >= 0.3 is 16.2 Å². The second-order valence-electron chi connectivity index (χ2n) is 7.79. The second-order valence-corrected chi connectivity index (χ2v) is 9.72. The number of rotatable bonds is 7. The van der Waals surface area contributed by atoms with Crippen LogP contribution in [-0.2, 0) is 21.5 Å². The molecule has 0 atom stereocenters. The number of nitrogens with zero attached hydrogens (tertiary/aromatic N) is 2. The molecule has 0 aromatic heterocycles. The Bertz CT molecular complexity index is 952. The first-order valence-corrected chi connectivity index (χ1v) is 11.6. The maximum atomic E-state index is 13.5. The molecule has 1 aliphatic rings. The van der Waals surface area contributed by atoms with Crippen molar-refractivity contribution in [2.24, 2.45) is 0 Å². The molecule has 0 amide bonds. The van der Waals surface area contributed by atoms with Crippen molar-refractivity contribution in [2.45, 2.75) is 26.4 Å². The molecule has 162 valence electrons. The predicted molar refractivity (Wildman–Crippen MR) is 118 cm³/mol. The van der Waals surface area contributed by atoms with Crippen LogP contribution in [0, 0.1) is 0 Å². The molecule has 1 fully saturated rings. The molecule has 3 rings (SSSR count). The van der Waals surface area contributed by atoms with E-state index in [-0.39, 0.29) is 10.4 Å². The van der Waals surface area contributed by atoms with Gasteiger partial charge in [-0.2, -0.15) is 17.0 Å². The second kappa shape index (κ2) is 9.26. The number of carbonyl (C=O) groups is 1. The van der Waals surface area contributed by atoms with Crippen molar-refractivity contribution in [3.05, 3.63) is 65.7 Å². The highest BCUT2D eigenvalue weighted by molar-refractivity contribution is 7.89. The van der Waals surface area contributed by atoms with Crippen LogP contribution in [-0.4, -0.2) is 58.6 Å². The van der Waals surface area contributed by atoms with Crippen molar-refractivity contribution >= 4 is 21.9 Å². The monoisotopic (exact) mass is 432 g/mol. The molecule has 0 aliphatic carbocycles. The van der Waals surface area contributed by atoms with Crippen molar-refractivity contribution in [3.63, 3.8) is 0 Å². The van der Waals surface area contributed by atoms with Gasteiger partial charge in [-0.3, -0.25) is 4.90 Å². The molecule has 2 aromatic rings. The molecule has 1 aliphatic heterocycles. The number of hydrogen-bond acceptors (Lipinski definition) is 5. The highest BCUT2D eigenvalue weighted by atomic mass is 32.2. The Morgan fingerprint density at radius 3 is 2.20 bits per heavy atom. The van der Waals surface area contributed by atoms with Crippen LogP contribution < -0.4 is 8.61 Å². The number of piperazine rings is 1. The third-order valence-electron chi connectivity index (χ3n) is 5.75. The summed E-state index contributed by atoms with van der Waals surface area (Å²) in [7, 11) is -2.38. The Morgan fingerprint density at radius 1 is 1.07 bits per heavy atom. The quantitative estimate of drug-likeness (QED) is 0.538. The largest absolute Gasteiger partial charge is 0.465 e. The third kappa shape index (κ3) is 4.57. The molecule has 0 bridgehead atoms. The first-order valence-electron chi connectivity index (χ1n) is 10.1. The van der Waals surface area contributed by atoms with E-state index in [1.165, 1.54) is 7.11 Å². The lowest BCUT2D eigenvalue weighted by atomic mass is 10.1. The SMILES string of the molecule is COC(=O)c1ccc(CNS(=O)(=O)[N+]2(c3ccccc3)CCN(C(C)C)CC2)cc1. The topological polar surface area (TPSA) is 75.7 Å². The van der Waals surface area contributed by atoms with E-state index in [4.69, 9.17) is 4.74 Å². The lowest BCUT2D eigenvalue weighted by Crippen LogP contribution is -2.67. The van der Waals surface area contributed by atoms with Crippen LogP contribution >= 0.6 is 0 Å². The van der Waals surface area contributed by atoms with Crippen LogP contribution in [0.5, 0.6) is 0 Å². The highest BCUT2D eigenvalue weighted by Crippen LogP contribution is 2.29. The summed E-state index contributed by atoms with van der Waals surface area (Å²) in [4.78, 5) is 13.9. The van der Waals surface area contributed by atoms with Gasteiger partial charge in [-0.05, 0) is 31.5 Å². The molecule has 2 aromatic carbocycles. The van der Waals surface area contributed by atoms with E-state index in [1.54, 1.807) is 24.3 Å². The Kier molecular flexibility index (Phi) is 6.92. The first-order chi connectivity index (χ1) is 14.3. The Balaban J connectivity index is 1.82. The maximum absolute atomic E-state index is 13.5. The van der Waals surface area contributed by atoms with Crippen LogP contribution in [0.1, 0.15) is 29.8 Å². The van der Waals surface area contributed by atoms with Gasteiger partial charge in [-0.1, -0.05) is 30.3 Å².